The molecule has 0 aliphatic carbocycles. The summed E-state index contributed by atoms with van der Waals surface area (Å²) >= 11 is 0. The maximum absolute atomic E-state index is 12.8. The minimum absolute atomic E-state index is 0.0161. The molecule has 0 radical (unpaired) electrons. The number of carbonyl (C=O) groups excluding carboxylic acids is 4. The summed E-state index contributed by atoms with van der Waals surface area (Å²) in [4.78, 5) is 51.9. The lowest BCUT2D eigenvalue weighted by Gasteiger charge is -2.31. The normalized spacial score (nSPS) is 17.3. The smallest absolute Gasteiger partial charge is 0.253 e. The van der Waals surface area contributed by atoms with Gasteiger partial charge in [0.25, 0.3) is 5.91 Å². The van der Waals surface area contributed by atoms with Crippen LogP contribution in [0.25, 0.3) is 0 Å². The Morgan fingerprint density at radius 1 is 0.833 bits per heavy atom. The van der Waals surface area contributed by atoms with Crippen molar-refractivity contribution in [1.29, 1.82) is 0 Å². The lowest BCUT2D eigenvalue weighted by molar-refractivity contribution is -0.122. The third kappa shape index (κ3) is 4.10. The first kappa shape index (κ1) is 19.8. The number of imide groups is 1. The molecule has 0 bridgehead atoms. The Morgan fingerprint density at radius 3 is 2.03 bits per heavy atom. The second kappa shape index (κ2) is 8.49. The second-order valence-corrected chi connectivity index (χ2v) is 7.59. The lowest BCUT2D eigenvalue weighted by atomic mass is 9.95. The van der Waals surface area contributed by atoms with Crippen LogP contribution in [0.2, 0.25) is 0 Å². The fourth-order valence-corrected chi connectivity index (χ4v) is 3.91. The van der Waals surface area contributed by atoms with Gasteiger partial charge in [-0.05, 0) is 49.2 Å². The van der Waals surface area contributed by atoms with Crippen molar-refractivity contribution in [2.45, 2.75) is 25.7 Å². The molecule has 7 heteroatoms. The molecule has 7 nitrogen and oxygen atoms in total. The number of nitrogens with zero attached hydrogens (tertiary/aromatic N) is 2. The van der Waals surface area contributed by atoms with E-state index in [0.29, 0.717) is 37.2 Å². The van der Waals surface area contributed by atoms with Gasteiger partial charge in [-0.2, -0.15) is 0 Å². The maximum Gasteiger partial charge on any atom is 0.253 e. The number of hydrogen-bond acceptors (Lipinski definition) is 4. The summed E-state index contributed by atoms with van der Waals surface area (Å²) in [6, 6.07) is 15.9. The molecule has 2 fully saturated rings. The van der Waals surface area contributed by atoms with Crippen molar-refractivity contribution in [2.24, 2.45) is 5.92 Å². The monoisotopic (exact) mass is 405 g/mol. The van der Waals surface area contributed by atoms with Gasteiger partial charge in [-0.25, -0.2) is 0 Å². The van der Waals surface area contributed by atoms with Crippen LogP contribution >= 0.6 is 0 Å². The second-order valence-electron chi connectivity index (χ2n) is 7.59. The third-order valence-electron chi connectivity index (χ3n) is 5.62. The first-order valence-electron chi connectivity index (χ1n) is 10.1. The van der Waals surface area contributed by atoms with E-state index in [2.05, 4.69) is 5.32 Å². The zero-order valence-electron chi connectivity index (χ0n) is 16.5. The predicted molar refractivity (Wildman–Crippen MR) is 112 cm³/mol. The van der Waals surface area contributed by atoms with Gasteiger partial charge >= 0.3 is 0 Å². The van der Waals surface area contributed by atoms with E-state index in [1.54, 1.807) is 29.2 Å². The average Bonchev–Trinajstić information content (AvgIpc) is 3.12. The zero-order chi connectivity index (χ0) is 21.1. The lowest BCUT2D eigenvalue weighted by Crippen LogP contribution is -2.41. The standard InChI is InChI=1S/C23H23N3O4/c27-20-10-11-21(28)26(20)19-8-6-17(7-9-19)23(30)25-14-12-16(13-15-25)22(29)24-18-4-2-1-3-5-18/h1-9,16H,10-15H2,(H,24,29). The molecule has 2 aliphatic rings. The number of anilines is 2. The number of amides is 4. The van der Waals surface area contributed by atoms with Gasteiger partial charge in [-0.3, -0.25) is 24.1 Å². The fourth-order valence-electron chi connectivity index (χ4n) is 3.91. The van der Waals surface area contributed by atoms with Crippen LogP contribution < -0.4 is 10.2 Å². The summed E-state index contributed by atoms with van der Waals surface area (Å²) in [5.41, 5.74) is 1.77. The molecule has 30 heavy (non-hydrogen) atoms. The number of piperidine rings is 1. The van der Waals surface area contributed by atoms with Gasteiger partial charge in [0.1, 0.15) is 0 Å². The highest BCUT2D eigenvalue weighted by Gasteiger charge is 2.31. The topological polar surface area (TPSA) is 86.8 Å². The Labute approximate surface area is 174 Å². The summed E-state index contributed by atoms with van der Waals surface area (Å²) in [5.74, 6) is -0.672. The van der Waals surface area contributed by atoms with Crippen LogP contribution in [0.5, 0.6) is 0 Å². The molecule has 4 rings (SSSR count). The van der Waals surface area contributed by atoms with Crippen LogP contribution in [-0.2, 0) is 14.4 Å². The van der Waals surface area contributed by atoms with Gasteiger partial charge < -0.3 is 10.2 Å². The maximum atomic E-state index is 12.8. The number of nitrogens with one attached hydrogen (secondary N) is 1. The van der Waals surface area contributed by atoms with Crippen LogP contribution in [0.3, 0.4) is 0 Å². The van der Waals surface area contributed by atoms with Gasteiger partial charge in [0.05, 0.1) is 5.69 Å². The van der Waals surface area contributed by atoms with Crippen molar-refractivity contribution in [1.82, 2.24) is 4.90 Å². The van der Waals surface area contributed by atoms with Crippen molar-refractivity contribution >= 4 is 35.0 Å². The molecule has 0 spiro atoms. The van der Waals surface area contributed by atoms with Crippen LogP contribution in [0.4, 0.5) is 11.4 Å². The Morgan fingerprint density at radius 2 is 1.43 bits per heavy atom. The molecular formula is C23H23N3O4. The Kier molecular flexibility index (Phi) is 5.61. The van der Waals surface area contributed by atoms with E-state index < -0.39 is 0 Å². The quantitative estimate of drug-likeness (QED) is 0.793. The van der Waals surface area contributed by atoms with Crippen LogP contribution in [-0.4, -0.2) is 41.6 Å². The van der Waals surface area contributed by atoms with E-state index >= 15 is 0 Å². The van der Waals surface area contributed by atoms with E-state index in [4.69, 9.17) is 0 Å². The van der Waals surface area contributed by atoms with Crippen molar-refractivity contribution in [2.75, 3.05) is 23.3 Å². The van der Waals surface area contributed by atoms with E-state index in [-0.39, 0.29) is 42.4 Å². The van der Waals surface area contributed by atoms with Crippen molar-refractivity contribution in [3.63, 3.8) is 0 Å². The minimum atomic E-state index is -0.213. The summed E-state index contributed by atoms with van der Waals surface area (Å²) < 4.78 is 0. The number of rotatable bonds is 4. The zero-order valence-corrected chi connectivity index (χ0v) is 16.5. The van der Waals surface area contributed by atoms with Crippen LogP contribution in [0.15, 0.2) is 54.6 Å². The van der Waals surface area contributed by atoms with Gasteiger partial charge in [0.15, 0.2) is 0 Å². The van der Waals surface area contributed by atoms with Gasteiger partial charge in [0.2, 0.25) is 17.7 Å². The van der Waals surface area contributed by atoms with Gasteiger partial charge in [0, 0.05) is 43.1 Å². The molecule has 1 N–H and O–H groups in total. The van der Waals surface area contributed by atoms with Crippen molar-refractivity contribution in [3.05, 3.63) is 60.2 Å². The molecule has 0 saturated carbocycles. The molecule has 2 heterocycles. The first-order chi connectivity index (χ1) is 14.5. The number of para-hydroxylation sites is 1. The fraction of sp³-hybridized carbons (Fsp3) is 0.304. The first-order valence-corrected chi connectivity index (χ1v) is 10.1. The summed E-state index contributed by atoms with van der Waals surface area (Å²) in [5, 5.41) is 2.93. The highest BCUT2D eigenvalue weighted by atomic mass is 16.2. The van der Waals surface area contributed by atoms with Crippen LogP contribution in [0, 0.1) is 5.92 Å². The van der Waals surface area contributed by atoms with E-state index in [1.165, 1.54) is 4.90 Å². The minimum Gasteiger partial charge on any atom is -0.339 e. The predicted octanol–water partition coefficient (Wildman–Crippen LogP) is 2.83. The van der Waals surface area contributed by atoms with E-state index in [9.17, 15) is 19.2 Å². The summed E-state index contributed by atoms with van der Waals surface area (Å²) in [7, 11) is 0. The molecule has 2 saturated heterocycles. The Balaban J connectivity index is 1.33. The van der Waals surface area contributed by atoms with E-state index in [1.807, 2.05) is 30.3 Å². The largest absolute Gasteiger partial charge is 0.339 e. The van der Waals surface area contributed by atoms with Crippen LogP contribution in [0.1, 0.15) is 36.0 Å². The molecule has 0 unspecified atom stereocenters. The van der Waals surface area contributed by atoms with Gasteiger partial charge in [-0.15, -0.1) is 0 Å². The number of benzene rings is 2. The van der Waals surface area contributed by atoms with E-state index in [0.717, 1.165) is 5.69 Å². The molecule has 4 amide bonds. The molecule has 154 valence electrons. The number of hydrogen-bond donors (Lipinski definition) is 1. The SMILES string of the molecule is O=C(Nc1ccccc1)C1CCN(C(=O)c2ccc(N3C(=O)CCC3=O)cc2)CC1. The molecule has 0 aromatic heterocycles. The Hall–Kier alpha value is -3.48. The third-order valence-corrected chi connectivity index (χ3v) is 5.62. The van der Waals surface area contributed by atoms with Gasteiger partial charge in [-0.1, -0.05) is 18.2 Å². The van der Waals surface area contributed by atoms with Crippen molar-refractivity contribution in [3.8, 4) is 0 Å². The molecule has 2 aromatic rings. The summed E-state index contributed by atoms with van der Waals surface area (Å²) in [6.07, 6.45) is 1.68. The van der Waals surface area contributed by atoms with Crippen molar-refractivity contribution < 1.29 is 19.2 Å². The molecular weight excluding hydrogens is 382 g/mol. The highest BCUT2D eigenvalue weighted by Crippen LogP contribution is 2.25. The number of carbonyl (C=O) groups is 4. The Bertz CT molecular complexity index is 948. The highest BCUT2D eigenvalue weighted by molar-refractivity contribution is 6.19. The summed E-state index contributed by atoms with van der Waals surface area (Å²) in [6.45, 7) is 1.02. The molecule has 2 aromatic carbocycles. The molecule has 2 aliphatic heterocycles. The number of likely N-dealkylation sites (tertiary alicyclic amines) is 1. The molecule has 0 atom stereocenters. The average molecular weight is 405 g/mol.